The lowest BCUT2D eigenvalue weighted by molar-refractivity contribution is 1.26. The number of allylic oxidation sites excluding steroid dienone is 9. The average Bonchev–Trinajstić information content (AvgIpc) is 2.46. The van der Waals surface area contributed by atoms with E-state index in [2.05, 4.69) is 62.9 Å². The van der Waals surface area contributed by atoms with Crippen LogP contribution in [0.5, 0.6) is 0 Å². The molecule has 0 aliphatic heterocycles. The molecule has 0 fully saturated rings. The van der Waals surface area contributed by atoms with Gasteiger partial charge in [-0.1, -0.05) is 84.5 Å². The third-order valence-electron chi connectivity index (χ3n) is 3.00. The highest BCUT2D eigenvalue weighted by atomic mass is 14.0. The summed E-state index contributed by atoms with van der Waals surface area (Å²) in [5.74, 6) is 0. The van der Waals surface area contributed by atoms with E-state index < -0.39 is 0 Å². The molecule has 1 aromatic rings. The van der Waals surface area contributed by atoms with Gasteiger partial charge in [-0.2, -0.15) is 0 Å². The van der Waals surface area contributed by atoms with E-state index in [1.165, 1.54) is 16.7 Å². The van der Waals surface area contributed by atoms with Crippen LogP contribution in [0.3, 0.4) is 0 Å². The number of hydrogen-bond donors (Lipinski definition) is 0. The minimum atomic E-state index is 0.887. The summed E-state index contributed by atoms with van der Waals surface area (Å²) in [6.07, 6.45) is 13.4. The summed E-state index contributed by atoms with van der Waals surface area (Å²) >= 11 is 0. The third kappa shape index (κ3) is 6.19. The zero-order valence-corrected chi connectivity index (χ0v) is 12.8. The number of rotatable bonds is 6. The molecular weight excluding hydrogens is 240 g/mol. The monoisotopic (exact) mass is 264 g/mol. The van der Waals surface area contributed by atoms with E-state index in [4.69, 9.17) is 0 Å². The maximum Gasteiger partial charge on any atom is -0.00976 e. The lowest BCUT2D eigenvalue weighted by Crippen LogP contribution is -1.80. The van der Waals surface area contributed by atoms with Crippen molar-refractivity contribution < 1.29 is 0 Å². The summed E-state index contributed by atoms with van der Waals surface area (Å²) in [5, 5.41) is 0. The van der Waals surface area contributed by atoms with Gasteiger partial charge < -0.3 is 0 Å². The second kappa shape index (κ2) is 8.92. The first-order valence-corrected chi connectivity index (χ1v) is 7.01. The van der Waals surface area contributed by atoms with Crippen molar-refractivity contribution >= 4 is 5.57 Å². The normalized spacial score (nSPS) is 13.3. The summed E-state index contributed by atoms with van der Waals surface area (Å²) < 4.78 is 0. The van der Waals surface area contributed by atoms with Crippen molar-refractivity contribution in [3.8, 4) is 0 Å². The zero-order chi connectivity index (χ0) is 14.8. The van der Waals surface area contributed by atoms with Crippen LogP contribution in [0.25, 0.3) is 5.57 Å². The van der Waals surface area contributed by atoms with E-state index in [1.54, 1.807) is 0 Å². The Hall–Kier alpha value is -2.08. The summed E-state index contributed by atoms with van der Waals surface area (Å²) in [6, 6.07) is 10.5. The molecular formula is C20H24. The Morgan fingerprint density at radius 2 is 1.80 bits per heavy atom. The molecule has 0 nitrogen and oxygen atoms in total. The van der Waals surface area contributed by atoms with Crippen molar-refractivity contribution in [1.82, 2.24) is 0 Å². The Labute approximate surface area is 123 Å². The largest absolute Gasteiger partial charge is 0.0955 e. The SMILES string of the molecule is C=C(/C=C\C=C/C)C/C=C(C)\C=C(/C)c1ccccc1. The van der Waals surface area contributed by atoms with Crippen molar-refractivity contribution in [2.75, 3.05) is 0 Å². The van der Waals surface area contributed by atoms with Gasteiger partial charge in [0.2, 0.25) is 0 Å². The maximum absolute atomic E-state index is 4.05. The van der Waals surface area contributed by atoms with Crippen LogP contribution in [0.4, 0.5) is 0 Å². The van der Waals surface area contributed by atoms with Crippen LogP contribution in [0, 0.1) is 0 Å². The molecule has 0 N–H and O–H groups in total. The fraction of sp³-hybridized carbons (Fsp3) is 0.200. The van der Waals surface area contributed by atoms with Crippen molar-refractivity contribution in [2.24, 2.45) is 0 Å². The summed E-state index contributed by atoms with van der Waals surface area (Å²) in [5.41, 5.74) is 4.95. The van der Waals surface area contributed by atoms with E-state index in [9.17, 15) is 0 Å². The highest BCUT2D eigenvalue weighted by Crippen LogP contribution is 2.16. The van der Waals surface area contributed by atoms with E-state index in [0.717, 1.165) is 12.0 Å². The molecule has 0 aliphatic rings. The van der Waals surface area contributed by atoms with Crippen LogP contribution in [-0.2, 0) is 0 Å². The first-order valence-electron chi connectivity index (χ1n) is 7.01. The molecule has 0 aliphatic carbocycles. The van der Waals surface area contributed by atoms with E-state index >= 15 is 0 Å². The molecule has 0 bridgehead atoms. The van der Waals surface area contributed by atoms with Gasteiger partial charge in [-0.15, -0.1) is 0 Å². The van der Waals surface area contributed by atoms with Crippen LogP contribution < -0.4 is 0 Å². The standard InChI is InChI=1S/C20H24/c1-5-6-8-11-17(2)14-15-18(3)16-19(4)20-12-9-7-10-13-20/h5-13,15-16H,2,14H2,1,3-4H3/b6-5-,11-8-,18-15-,19-16+. The highest BCUT2D eigenvalue weighted by molar-refractivity contribution is 5.66. The molecule has 20 heavy (non-hydrogen) atoms. The molecule has 0 amide bonds. The van der Waals surface area contributed by atoms with Gasteiger partial charge in [0, 0.05) is 0 Å². The lowest BCUT2D eigenvalue weighted by Gasteiger charge is -2.02. The van der Waals surface area contributed by atoms with Crippen LogP contribution >= 0.6 is 0 Å². The minimum absolute atomic E-state index is 0.887. The van der Waals surface area contributed by atoms with E-state index in [1.807, 2.05) is 31.2 Å². The maximum atomic E-state index is 4.05. The zero-order valence-electron chi connectivity index (χ0n) is 12.8. The fourth-order valence-electron chi connectivity index (χ4n) is 1.85. The first-order chi connectivity index (χ1) is 9.63. The molecule has 0 heterocycles. The fourth-order valence-corrected chi connectivity index (χ4v) is 1.85. The Morgan fingerprint density at radius 1 is 1.10 bits per heavy atom. The molecule has 0 radical (unpaired) electrons. The van der Waals surface area contributed by atoms with Gasteiger partial charge in [-0.25, -0.2) is 0 Å². The van der Waals surface area contributed by atoms with Crippen molar-refractivity contribution in [3.05, 3.63) is 90.1 Å². The predicted molar refractivity (Wildman–Crippen MR) is 91.6 cm³/mol. The number of hydrogen-bond acceptors (Lipinski definition) is 0. The average molecular weight is 264 g/mol. The Morgan fingerprint density at radius 3 is 2.45 bits per heavy atom. The Balaban J connectivity index is 2.64. The number of benzene rings is 1. The molecule has 0 saturated carbocycles. The molecule has 0 spiro atoms. The predicted octanol–water partition coefficient (Wildman–Crippen LogP) is 6.11. The Kier molecular flexibility index (Phi) is 7.13. The van der Waals surface area contributed by atoms with Gasteiger partial charge >= 0.3 is 0 Å². The van der Waals surface area contributed by atoms with E-state index in [0.29, 0.717) is 0 Å². The molecule has 0 heteroatoms. The van der Waals surface area contributed by atoms with Gasteiger partial charge in [0.15, 0.2) is 0 Å². The van der Waals surface area contributed by atoms with Crippen molar-refractivity contribution in [1.29, 1.82) is 0 Å². The summed E-state index contributed by atoms with van der Waals surface area (Å²) in [4.78, 5) is 0. The van der Waals surface area contributed by atoms with Crippen LogP contribution in [0.15, 0.2) is 84.5 Å². The van der Waals surface area contributed by atoms with E-state index in [-0.39, 0.29) is 0 Å². The van der Waals surface area contributed by atoms with Gasteiger partial charge in [-0.05, 0) is 38.3 Å². The molecule has 0 atom stereocenters. The van der Waals surface area contributed by atoms with Gasteiger partial charge in [0.1, 0.15) is 0 Å². The highest BCUT2D eigenvalue weighted by Gasteiger charge is 1.94. The second-order valence-electron chi connectivity index (χ2n) is 4.89. The van der Waals surface area contributed by atoms with Gasteiger partial charge in [0.25, 0.3) is 0 Å². The molecule has 1 aromatic carbocycles. The van der Waals surface area contributed by atoms with Crippen LogP contribution in [0.2, 0.25) is 0 Å². The molecule has 1 rings (SSSR count). The summed E-state index contributed by atoms with van der Waals surface area (Å²) in [7, 11) is 0. The molecule has 0 saturated heterocycles. The third-order valence-corrected chi connectivity index (χ3v) is 3.00. The molecule has 0 aromatic heterocycles. The Bertz CT molecular complexity index is 537. The smallest absolute Gasteiger partial charge is 0.00976 e. The lowest BCUT2D eigenvalue weighted by atomic mass is 10.0. The molecule has 104 valence electrons. The van der Waals surface area contributed by atoms with Crippen molar-refractivity contribution in [2.45, 2.75) is 27.2 Å². The van der Waals surface area contributed by atoms with Crippen LogP contribution in [-0.4, -0.2) is 0 Å². The van der Waals surface area contributed by atoms with Gasteiger partial charge in [0.05, 0.1) is 0 Å². The second-order valence-corrected chi connectivity index (χ2v) is 4.89. The quantitative estimate of drug-likeness (QED) is 0.543. The minimum Gasteiger partial charge on any atom is -0.0955 e. The van der Waals surface area contributed by atoms with Crippen LogP contribution in [0.1, 0.15) is 32.8 Å². The summed E-state index contributed by atoms with van der Waals surface area (Å²) in [6.45, 7) is 10.3. The first kappa shape index (κ1) is 16.0. The van der Waals surface area contributed by atoms with Crippen molar-refractivity contribution in [3.63, 3.8) is 0 Å². The topological polar surface area (TPSA) is 0 Å². The van der Waals surface area contributed by atoms with Gasteiger partial charge in [-0.3, -0.25) is 0 Å². The molecule has 0 unspecified atom stereocenters.